The van der Waals surface area contributed by atoms with Gasteiger partial charge in [0.05, 0.1) is 22.7 Å². The van der Waals surface area contributed by atoms with Gasteiger partial charge in [-0.1, -0.05) is 46.6 Å². The molecule has 0 saturated heterocycles. The molecule has 0 spiro atoms. The molecule has 36 heavy (non-hydrogen) atoms. The van der Waals surface area contributed by atoms with Crippen LogP contribution in [0.25, 0.3) is 11.3 Å². The summed E-state index contributed by atoms with van der Waals surface area (Å²) >= 11 is 12.5. The maximum Gasteiger partial charge on any atom is 0.416 e. The Morgan fingerprint density at radius 2 is 1.61 bits per heavy atom. The molecule has 0 bridgehead atoms. The van der Waals surface area contributed by atoms with Gasteiger partial charge in [0.2, 0.25) is 0 Å². The molecule has 4 aromatic rings. The number of aryl methyl sites for hydroxylation is 1. The third kappa shape index (κ3) is 5.20. The number of aliphatic hydroxyl groups excluding tert-OH is 1. The molecule has 1 atom stereocenters. The molecular weight excluding hydrogens is 537 g/mol. The molecular formula is C22H14Cl2F6N4O2. The topological polar surface area (TPSA) is 77.0 Å². The van der Waals surface area contributed by atoms with Crippen LogP contribution in [-0.4, -0.2) is 25.1 Å². The van der Waals surface area contributed by atoms with Crippen LogP contribution in [0.15, 0.2) is 46.9 Å². The lowest BCUT2D eigenvalue weighted by Crippen LogP contribution is -2.13. The second kappa shape index (κ2) is 9.41. The first-order valence-electron chi connectivity index (χ1n) is 10.0. The van der Waals surface area contributed by atoms with E-state index in [1.165, 1.54) is 6.92 Å². The van der Waals surface area contributed by atoms with Gasteiger partial charge in [-0.05, 0) is 29.8 Å². The van der Waals surface area contributed by atoms with E-state index in [-0.39, 0.29) is 39.8 Å². The van der Waals surface area contributed by atoms with E-state index >= 15 is 0 Å². The third-order valence-corrected chi connectivity index (χ3v) is 5.79. The van der Waals surface area contributed by atoms with Crippen LogP contribution in [0.5, 0.6) is 0 Å². The van der Waals surface area contributed by atoms with Gasteiger partial charge in [0.1, 0.15) is 11.4 Å². The monoisotopic (exact) mass is 550 g/mol. The van der Waals surface area contributed by atoms with Crippen LogP contribution in [0.1, 0.15) is 40.1 Å². The van der Waals surface area contributed by atoms with Gasteiger partial charge in [0.25, 0.3) is 0 Å². The number of hydrogen-bond donors (Lipinski definition) is 1. The van der Waals surface area contributed by atoms with Crippen molar-refractivity contribution < 1.29 is 35.9 Å². The van der Waals surface area contributed by atoms with E-state index in [1.54, 1.807) is 24.3 Å². The summed E-state index contributed by atoms with van der Waals surface area (Å²) in [5.41, 5.74) is -2.95. The maximum atomic E-state index is 13.2. The molecule has 2 aromatic heterocycles. The summed E-state index contributed by atoms with van der Waals surface area (Å²) in [6.45, 7) is 0.944. The van der Waals surface area contributed by atoms with Crippen LogP contribution in [-0.2, 0) is 18.9 Å². The molecule has 0 fully saturated rings. The molecule has 0 aliphatic carbocycles. The van der Waals surface area contributed by atoms with Crippen molar-refractivity contribution in [3.63, 3.8) is 0 Å². The largest absolute Gasteiger partial charge is 0.442 e. The Kier molecular flexibility index (Phi) is 6.80. The first-order valence-corrected chi connectivity index (χ1v) is 10.8. The van der Waals surface area contributed by atoms with Crippen LogP contribution >= 0.6 is 23.2 Å². The molecule has 0 saturated carbocycles. The van der Waals surface area contributed by atoms with Crippen molar-refractivity contribution in [2.24, 2.45) is 0 Å². The van der Waals surface area contributed by atoms with E-state index in [9.17, 15) is 31.4 Å². The number of halogens is 8. The number of oxazole rings is 1. The highest BCUT2D eigenvalue weighted by Gasteiger charge is 2.37. The predicted octanol–water partition coefficient (Wildman–Crippen LogP) is 6.72. The van der Waals surface area contributed by atoms with E-state index in [1.807, 2.05) is 0 Å². The molecule has 1 N–H and O–H groups in total. The van der Waals surface area contributed by atoms with Crippen molar-refractivity contribution in [1.29, 1.82) is 0 Å². The van der Waals surface area contributed by atoms with Crippen molar-refractivity contribution >= 4 is 23.2 Å². The lowest BCUT2D eigenvalue weighted by Gasteiger charge is -2.14. The first-order chi connectivity index (χ1) is 16.8. The zero-order valence-electron chi connectivity index (χ0n) is 18.0. The number of rotatable bonds is 5. The third-order valence-electron chi connectivity index (χ3n) is 5.07. The summed E-state index contributed by atoms with van der Waals surface area (Å²) < 4.78 is 85.4. The number of aromatic nitrogens is 4. The van der Waals surface area contributed by atoms with E-state index in [4.69, 9.17) is 27.6 Å². The van der Waals surface area contributed by atoms with Gasteiger partial charge in [-0.3, -0.25) is 0 Å². The minimum Gasteiger partial charge on any atom is -0.442 e. The molecule has 0 amide bonds. The number of nitrogens with zero attached hydrogens (tertiary/aromatic N) is 4. The SMILES string of the molecule is Cc1nc(-c2ccccc2Cl)c(C(O)c2nnn(Cc3cc(C(F)(F)F)cc(C(F)(F)F)c3)c2Cl)o1. The van der Waals surface area contributed by atoms with Gasteiger partial charge in [0, 0.05) is 12.5 Å². The van der Waals surface area contributed by atoms with Gasteiger partial charge in [0.15, 0.2) is 22.9 Å². The fourth-order valence-corrected chi connectivity index (χ4v) is 3.93. The zero-order valence-corrected chi connectivity index (χ0v) is 19.5. The quantitative estimate of drug-likeness (QED) is 0.279. The minimum absolute atomic E-state index is 0.0180. The average Bonchev–Trinajstić information content (AvgIpc) is 3.35. The lowest BCUT2D eigenvalue weighted by molar-refractivity contribution is -0.143. The van der Waals surface area contributed by atoms with Crippen LogP contribution < -0.4 is 0 Å². The molecule has 0 radical (unpaired) electrons. The Morgan fingerprint density at radius 3 is 2.19 bits per heavy atom. The molecule has 0 aliphatic heterocycles. The normalized spacial score (nSPS) is 13.3. The van der Waals surface area contributed by atoms with Crippen LogP contribution in [0.3, 0.4) is 0 Å². The Morgan fingerprint density at radius 1 is 1.00 bits per heavy atom. The summed E-state index contributed by atoms with van der Waals surface area (Å²) in [4.78, 5) is 4.24. The fourth-order valence-electron chi connectivity index (χ4n) is 3.47. The van der Waals surface area contributed by atoms with Gasteiger partial charge in [-0.2, -0.15) is 26.3 Å². The fraction of sp³-hybridized carbons (Fsp3) is 0.227. The van der Waals surface area contributed by atoms with Crippen molar-refractivity contribution in [3.05, 3.63) is 86.7 Å². The molecule has 1 unspecified atom stereocenters. The molecule has 190 valence electrons. The second-order valence-electron chi connectivity index (χ2n) is 7.67. The number of benzene rings is 2. The van der Waals surface area contributed by atoms with E-state index in [0.717, 1.165) is 4.68 Å². The Balaban J connectivity index is 1.70. The van der Waals surface area contributed by atoms with Gasteiger partial charge in [-0.15, -0.1) is 5.10 Å². The minimum atomic E-state index is -5.01. The molecule has 2 heterocycles. The number of aliphatic hydroxyl groups is 1. The van der Waals surface area contributed by atoms with E-state index in [2.05, 4.69) is 15.3 Å². The highest BCUT2D eigenvalue weighted by atomic mass is 35.5. The van der Waals surface area contributed by atoms with Gasteiger partial charge < -0.3 is 9.52 Å². The molecule has 0 aliphatic rings. The highest BCUT2D eigenvalue weighted by molar-refractivity contribution is 6.33. The molecule has 6 nitrogen and oxygen atoms in total. The lowest BCUT2D eigenvalue weighted by atomic mass is 10.0. The van der Waals surface area contributed by atoms with Crippen LogP contribution in [0.4, 0.5) is 26.3 Å². The zero-order chi connectivity index (χ0) is 26.4. The van der Waals surface area contributed by atoms with Crippen molar-refractivity contribution in [3.8, 4) is 11.3 Å². The second-order valence-corrected chi connectivity index (χ2v) is 8.43. The van der Waals surface area contributed by atoms with Crippen molar-refractivity contribution in [2.45, 2.75) is 31.9 Å². The van der Waals surface area contributed by atoms with Crippen LogP contribution in [0, 0.1) is 6.92 Å². The van der Waals surface area contributed by atoms with E-state index in [0.29, 0.717) is 22.7 Å². The first kappa shape index (κ1) is 26.0. The summed E-state index contributed by atoms with van der Waals surface area (Å²) in [6.07, 6.45) is -11.6. The Hall–Kier alpha value is -3.09. The predicted molar refractivity (Wildman–Crippen MR) is 116 cm³/mol. The summed E-state index contributed by atoms with van der Waals surface area (Å²) in [5.74, 6) is 0.110. The van der Waals surface area contributed by atoms with Crippen molar-refractivity contribution in [2.75, 3.05) is 0 Å². The smallest absolute Gasteiger partial charge is 0.416 e. The van der Waals surface area contributed by atoms with E-state index < -0.39 is 36.1 Å². The molecule has 4 rings (SSSR count). The number of hydrogen-bond acceptors (Lipinski definition) is 5. The number of alkyl halides is 6. The standard InChI is InChI=1S/C22H14Cl2F6N4O2/c1-10-31-16(14-4-2-3-5-15(14)23)19(36-10)18(35)17-20(24)34(33-32-17)9-11-6-12(21(25,26)27)8-13(7-11)22(28,29)30/h2-8,18,35H,9H2,1H3. The Labute approximate surface area is 209 Å². The maximum absolute atomic E-state index is 13.2. The highest BCUT2D eigenvalue weighted by Crippen LogP contribution is 2.38. The van der Waals surface area contributed by atoms with Crippen LogP contribution in [0.2, 0.25) is 10.2 Å². The summed E-state index contributed by atoms with van der Waals surface area (Å²) in [7, 11) is 0. The van der Waals surface area contributed by atoms with Gasteiger partial charge >= 0.3 is 12.4 Å². The molecule has 2 aromatic carbocycles. The van der Waals surface area contributed by atoms with Gasteiger partial charge in [-0.25, -0.2) is 9.67 Å². The summed E-state index contributed by atoms with van der Waals surface area (Å²) in [6, 6.07) is 7.75. The molecule has 14 heteroatoms. The average molecular weight is 551 g/mol. The summed E-state index contributed by atoms with van der Waals surface area (Å²) in [5, 5.41) is 18.4. The Bertz CT molecular complexity index is 1380. The van der Waals surface area contributed by atoms with Crippen molar-refractivity contribution in [1.82, 2.24) is 20.0 Å².